The Morgan fingerprint density at radius 1 is 1.26 bits per heavy atom. The molecule has 1 aromatic rings. The predicted molar refractivity (Wildman–Crippen MR) is 145 cm³/mol. The summed E-state index contributed by atoms with van der Waals surface area (Å²) in [6.45, 7) is 6.69. The van der Waals surface area contributed by atoms with Gasteiger partial charge in [0, 0.05) is 31.3 Å². The number of nitrogens with zero attached hydrogens (tertiary/aromatic N) is 1. The van der Waals surface area contributed by atoms with Crippen molar-refractivity contribution in [2.45, 2.75) is 64.3 Å². The van der Waals surface area contributed by atoms with Crippen LogP contribution in [0, 0.1) is 5.41 Å². The lowest BCUT2D eigenvalue weighted by Gasteiger charge is -2.41. The van der Waals surface area contributed by atoms with Crippen molar-refractivity contribution < 1.29 is 19.1 Å². The number of hydrogen-bond donors (Lipinski definition) is 4. The molecule has 1 aliphatic heterocycles. The van der Waals surface area contributed by atoms with E-state index in [0.717, 1.165) is 11.1 Å². The van der Waals surface area contributed by atoms with Gasteiger partial charge in [0.1, 0.15) is 12.1 Å². The Morgan fingerprint density at radius 3 is 2.49 bits per heavy atom. The van der Waals surface area contributed by atoms with Crippen LogP contribution >= 0.6 is 24.4 Å². The molecular formula is C25H40N4O4S2. The Labute approximate surface area is 218 Å². The van der Waals surface area contributed by atoms with Crippen molar-refractivity contribution in [3.05, 3.63) is 35.4 Å². The molecular weight excluding hydrogens is 484 g/mol. The van der Waals surface area contributed by atoms with Gasteiger partial charge in [-0.3, -0.25) is 9.59 Å². The van der Waals surface area contributed by atoms with Gasteiger partial charge in [0.05, 0.1) is 13.2 Å². The Bertz CT molecular complexity index is 877. The van der Waals surface area contributed by atoms with Crippen LogP contribution < -0.4 is 16.4 Å². The third kappa shape index (κ3) is 8.13. The number of benzene rings is 1. The zero-order valence-electron chi connectivity index (χ0n) is 21.4. The van der Waals surface area contributed by atoms with Crippen LogP contribution in [-0.2, 0) is 32.1 Å². The van der Waals surface area contributed by atoms with Crippen molar-refractivity contribution >= 4 is 42.2 Å². The number of thiol groups is 1. The number of ether oxygens (including phenoxy) is 1. The summed E-state index contributed by atoms with van der Waals surface area (Å²) >= 11 is 5.83. The molecule has 0 bridgehead atoms. The molecule has 0 radical (unpaired) electrons. The van der Waals surface area contributed by atoms with E-state index in [1.165, 1.54) is 7.11 Å². The van der Waals surface area contributed by atoms with E-state index in [0.29, 0.717) is 37.4 Å². The SMILES string of the molecule is COC(=O)[C@H](CCSC)NC(=O)[C@@H]1Cc2ccccc2CN1C(=O)[C@@H](NC[C@@H](N)CS)C(C)(C)C. The molecule has 35 heavy (non-hydrogen) atoms. The fourth-order valence-corrected chi connectivity index (χ4v) is 4.75. The van der Waals surface area contributed by atoms with Crippen LogP contribution in [0.3, 0.4) is 0 Å². The van der Waals surface area contributed by atoms with Crippen LogP contribution in [0.4, 0.5) is 0 Å². The van der Waals surface area contributed by atoms with Gasteiger partial charge < -0.3 is 26.0 Å². The summed E-state index contributed by atoms with van der Waals surface area (Å²) in [6, 6.07) is 5.56. The summed E-state index contributed by atoms with van der Waals surface area (Å²) in [6.07, 6.45) is 2.76. The van der Waals surface area contributed by atoms with Gasteiger partial charge in [-0.1, -0.05) is 45.0 Å². The van der Waals surface area contributed by atoms with Crippen molar-refractivity contribution in [1.29, 1.82) is 0 Å². The lowest BCUT2D eigenvalue weighted by atomic mass is 9.84. The van der Waals surface area contributed by atoms with Crippen molar-refractivity contribution in [1.82, 2.24) is 15.5 Å². The number of fused-ring (bicyclic) bond motifs is 1. The lowest BCUT2D eigenvalue weighted by molar-refractivity contribution is -0.148. The highest BCUT2D eigenvalue weighted by molar-refractivity contribution is 7.98. The average molecular weight is 525 g/mol. The summed E-state index contributed by atoms with van der Waals surface area (Å²) in [4.78, 5) is 41.4. The molecule has 196 valence electrons. The third-order valence-corrected chi connectivity index (χ3v) is 7.29. The zero-order chi connectivity index (χ0) is 26.2. The minimum absolute atomic E-state index is 0.169. The zero-order valence-corrected chi connectivity index (χ0v) is 23.1. The maximum atomic E-state index is 13.9. The second-order valence-electron chi connectivity index (χ2n) is 9.97. The highest BCUT2D eigenvalue weighted by atomic mass is 32.2. The van der Waals surface area contributed by atoms with Gasteiger partial charge in [-0.15, -0.1) is 0 Å². The Kier molecular flexibility index (Phi) is 11.4. The summed E-state index contributed by atoms with van der Waals surface area (Å²) in [5.41, 5.74) is 7.66. The predicted octanol–water partition coefficient (Wildman–Crippen LogP) is 1.61. The average Bonchev–Trinajstić information content (AvgIpc) is 2.83. The molecule has 8 nitrogen and oxygen atoms in total. The van der Waals surface area contributed by atoms with Crippen LogP contribution in [0.2, 0.25) is 0 Å². The number of nitrogens with one attached hydrogen (secondary N) is 2. The molecule has 10 heteroatoms. The van der Waals surface area contributed by atoms with E-state index in [-0.39, 0.29) is 17.9 Å². The van der Waals surface area contributed by atoms with Gasteiger partial charge in [0.25, 0.3) is 0 Å². The second kappa shape index (κ2) is 13.5. The van der Waals surface area contributed by atoms with Gasteiger partial charge in [-0.25, -0.2) is 4.79 Å². The maximum Gasteiger partial charge on any atom is 0.328 e. The number of carbonyl (C=O) groups is 3. The van der Waals surface area contributed by atoms with E-state index in [9.17, 15) is 14.4 Å². The first-order chi connectivity index (χ1) is 16.5. The number of esters is 1. The summed E-state index contributed by atoms with van der Waals surface area (Å²) in [7, 11) is 1.31. The van der Waals surface area contributed by atoms with Crippen molar-refractivity contribution in [2.24, 2.45) is 11.1 Å². The monoisotopic (exact) mass is 524 g/mol. The molecule has 0 spiro atoms. The molecule has 0 fully saturated rings. The molecule has 4 atom stereocenters. The summed E-state index contributed by atoms with van der Waals surface area (Å²) in [5, 5.41) is 6.17. The minimum atomic E-state index is -0.765. The molecule has 0 aliphatic carbocycles. The van der Waals surface area contributed by atoms with E-state index in [4.69, 9.17) is 10.5 Å². The van der Waals surface area contributed by atoms with Gasteiger partial charge in [-0.05, 0) is 35.0 Å². The number of rotatable bonds is 11. The standard InChI is InChI=1S/C25H40N4O4S2/c1-25(2,3)21(27-13-18(26)15-34)23(31)29-14-17-9-7-6-8-16(17)12-20(29)22(30)28-19(10-11-35-5)24(32)33-4/h6-9,18-21,27,34H,10-15,26H2,1-5H3,(H,28,30)/t18-,19+,20+,21-/m1/s1. The molecule has 2 amide bonds. The van der Waals surface area contributed by atoms with Crippen molar-refractivity contribution in [3.63, 3.8) is 0 Å². The van der Waals surface area contributed by atoms with Gasteiger partial charge in [0.15, 0.2) is 0 Å². The Balaban J connectivity index is 2.36. The van der Waals surface area contributed by atoms with Crippen molar-refractivity contribution in [2.75, 3.05) is 31.4 Å². The van der Waals surface area contributed by atoms with Crippen LogP contribution in [0.5, 0.6) is 0 Å². The molecule has 4 N–H and O–H groups in total. The number of methoxy groups -OCH3 is 1. The highest BCUT2D eigenvalue weighted by Crippen LogP contribution is 2.28. The van der Waals surface area contributed by atoms with Crippen molar-refractivity contribution in [3.8, 4) is 0 Å². The third-order valence-electron chi connectivity index (χ3n) is 6.18. The fraction of sp³-hybridized carbons (Fsp3) is 0.640. The minimum Gasteiger partial charge on any atom is -0.467 e. The maximum absolute atomic E-state index is 13.9. The normalized spacial score (nSPS) is 18.3. The molecule has 1 heterocycles. The number of nitrogens with two attached hydrogens (primary N) is 1. The van der Waals surface area contributed by atoms with Gasteiger partial charge >= 0.3 is 5.97 Å². The smallest absolute Gasteiger partial charge is 0.328 e. The number of thioether (sulfide) groups is 1. The number of hydrogen-bond acceptors (Lipinski definition) is 8. The highest BCUT2D eigenvalue weighted by Gasteiger charge is 2.41. The molecule has 0 saturated carbocycles. The molecule has 0 unspecified atom stereocenters. The second-order valence-corrected chi connectivity index (χ2v) is 11.3. The van der Waals surface area contributed by atoms with Crippen LogP contribution in [-0.4, -0.2) is 78.3 Å². The number of amides is 2. The fourth-order valence-electron chi connectivity index (χ4n) is 4.15. The van der Waals surface area contributed by atoms with E-state index in [1.54, 1.807) is 16.7 Å². The van der Waals surface area contributed by atoms with Gasteiger partial charge in [-0.2, -0.15) is 24.4 Å². The summed E-state index contributed by atoms with van der Waals surface area (Å²) in [5.74, 6) is 0.167. The molecule has 0 saturated heterocycles. The molecule has 2 rings (SSSR count). The number of carbonyl (C=O) groups excluding carboxylic acids is 3. The lowest BCUT2D eigenvalue weighted by Crippen LogP contribution is -2.61. The van der Waals surface area contributed by atoms with Crippen LogP contribution in [0.15, 0.2) is 24.3 Å². The van der Waals surface area contributed by atoms with E-state index in [1.807, 2.05) is 51.3 Å². The largest absolute Gasteiger partial charge is 0.467 e. The molecule has 1 aliphatic rings. The van der Waals surface area contributed by atoms with Gasteiger partial charge in [0.2, 0.25) is 11.8 Å². The van der Waals surface area contributed by atoms with E-state index < -0.39 is 29.5 Å². The van der Waals surface area contributed by atoms with E-state index in [2.05, 4.69) is 23.3 Å². The quantitative estimate of drug-likeness (QED) is 0.257. The Morgan fingerprint density at radius 2 is 1.91 bits per heavy atom. The van der Waals surface area contributed by atoms with Crippen LogP contribution in [0.1, 0.15) is 38.3 Å². The summed E-state index contributed by atoms with van der Waals surface area (Å²) < 4.78 is 4.90. The molecule has 1 aromatic carbocycles. The van der Waals surface area contributed by atoms with E-state index >= 15 is 0 Å². The van der Waals surface area contributed by atoms with Crippen LogP contribution in [0.25, 0.3) is 0 Å². The Hall–Kier alpha value is -1.75. The first kappa shape index (κ1) is 29.5. The first-order valence-electron chi connectivity index (χ1n) is 11.9. The first-order valence-corrected chi connectivity index (χ1v) is 13.9. The molecule has 0 aromatic heterocycles. The topological polar surface area (TPSA) is 114 Å².